The van der Waals surface area contributed by atoms with Crippen molar-refractivity contribution in [1.82, 2.24) is 5.32 Å². The van der Waals surface area contributed by atoms with Gasteiger partial charge in [-0.15, -0.1) is 0 Å². The Hall–Kier alpha value is -0.830. The molecule has 0 radical (unpaired) electrons. The lowest BCUT2D eigenvalue weighted by Gasteiger charge is -2.35. The van der Waals surface area contributed by atoms with Crippen LogP contribution in [-0.4, -0.2) is 24.2 Å². The summed E-state index contributed by atoms with van der Waals surface area (Å²) in [4.78, 5) is 12.0. The van der Waals surface area contributed by atoms with E-state index in [0.29, 0.717) is 13.0 Å². The number of nitrogens with one attached hydrogen (secondary N) is 1. The maximum atomic E-state index is 12.0. The maximum Gasteiger partial charge on any atom is 0.224 e. The zero-order valence-corrected chi connectivity index (χ0v) is 11.9. The van der Waals surface area contributed by atoms with E-state index < -0.39 is 0 Å². The van der Waals surface area contributed by atoms with Crippen LogP contribution in [-0.2, 0) is 4.79 Å². The molecule has 0 aromatic heterocycles. The van der Waals surface area contributed by atoms with Crippen LogP contribution in [0.3, 0.4) is 0 Å². The minimum atomic E-state index is -0.0468. The molecule has 0 unspecified atom stereocenters. The zero-order chi connectivity index (χ0) is 13.6. The van der Waals surface area contributed by atoms with Gasteiger partial charge in [-0.25, -0.2) is 0 Å². The van der Waals surface area contributed by atoms with Crippen molar-refractivity contribution in [3.8, 4) is 0 Å². The summed E-state index contributed by atoms with van der Waals surface area (Å²) in [6.07, 6.45) is 13.2. The van der Waals surface area contributed by atoms with Crippen LogP contribution in [0.15, 0.2) is 11.6 Å². The Labute approximate surface area is 116 Å². The van der Waals surface area contributed by atoms with Crippen molar-refractivity contribution in [3.05, 3.63) is 11.6 Å². The minimum absolute atomic E-state index is 0.0468. The summed E-state index contributed by atoms with van der Waals surface area (Å²) in [5, 5.41) is 12.7. The fraction of sp³-hybridized carbons (Fsp3) is 0.812. The predicted molar refractivity (Wildman–Crippen MR) is 76.8 cm³/mol. The quantitative estimate of drug-likeness (QED) is 0.751. The van der Waals surface area contributed by atoms with Gasteiger partial charge in [0.05, 0.1) is 6.61 Å². The Morgan fingerprint density at radius 3 is 2.63 bits per heavy atom. The highest BCUT2D eigenvalue weighted by atomic mass is 16.3. The summed E-state index contributed by atoms with van der Waals surface area (Å²) < 4.78 is 0. The highest BCUT2D eigenvalue weighted by Crippen LogP contribution is 2.35. The number of allylic oxidation sites excluding steroid dienone is 1. The van der Waals surface area contributed by atoms with E-state index in [2.05, 4.69) is 11.4 Å². The van der Waals surface area contributed by atoms with Crippen LogP contribution in [0, 0.1) is 5.41 Å². The van der Waals surface area contributed by atoms with Gasteiger partial charge >= 0.3 is 0 Å². The topological polar surface area (TPSA) is 49.3 Å². The highest BCUT2D eigenvalue weighted by molar-refractivity contribution is 5.78. The van der Waals surface area contributed by atoms with Crippen LogP contribution in [0.25, 0.3) is 0 Å². The number of rotatable bonds is 5. The van der Waals surface area contributed by atoms with Crippen LogP contribution in [0.1, 0.15) is 64.2 Å². The van der Waals surface area contributed by atoms with Gasteiger partial charge in [0.15, 0.2) is 0 Å². The molecule has 0 atom stereocenters. The van der Waals surface area contributed by atoms with Crippen molar-refractivity contribution in [1.29, 1.82) is 0 Å². The highest BCUT2D eigenvalue weighted by Gasteiger charge is 2.31. The van der Waals surface area contributed by atoms with Gasteiger partial charge in [0, 0.05) is 18.4 Å². The number of carbonyl (C=O) groups is 1. The molecule has 0 spiro atoms. The summed E-state index contributed by atoms with van der Waals surface area (Å²) in [5.41, 5.74) is 1.25. The van der Waals surface area contributed by atoms with Crippen LogP contribution in [0.4, 0.5) is 0 Å². The Bertz CT molecular complexity index is 330. The first kappa shape index (κ1) is 14.6. The van der Waals surface area contributed by atoms with Crippen LogP contribution < -0.4 is 5.32 Å². The molecule has 0 bridgehead atoms. The first-order chi connectivity index (χ1) is 9.24. The SMILES string of the molecule is O=C(CC1=CCCCC1)NCC1(CO)CCCCC1. The van der Waals surface area contributed by atoms with Crippen molar-refractivity contribution >= 4 is 5.91 Å². The average Bonchev–Trinajstić information content (AvgIpc) is 2.47. The van der Waals surface area contributed by atoms with E-state index >= 15 is 0 Å². The van der Waals surface area contributed by atoms with Gasteiger partial charge in [-0.3, -0.25) is 4.79 Å². The Morgan fingerprint density at radius 1 is 1.21 bits per heavy atom. The van der Waals surface area contributed by atoms with E-state index in [1.54, 1.807) is 0 Å². The van der Waals surface area contributed by atoms with Crippen molar-refractivity contribution < 1.29 is 9.90 Å². The number of aliphatic hydroxyl groups excluding tert-OH is 1. The summed E-state index contributed by atoms with van der Waals surface area (Å²) >= 11 is 0. The molecule has 0 aromatic carbocycles. The van der Waals surface area contributed by atoms with Crippen molar-refractivity contribution in [2.45, 2.75) is 64.2 Å². The summed E-state index contributed by atoms with van der Waals surface area (Å²) in [6, 6.07) is 0. The van der Waals surface area contributed by atoms with Gasteiger partial charge < -0.3 is 10.4 Å². The minimum Gasteiger partial charge on any atom is -0.396 e. The molecule has 3 nitrogen and oxygen atoms in total. The summed E-state index contributed by atoms with van der Waals surface area (Å²) in [5.74, 6) is 0.131. The Kier molecular flexibility index (Phi) is 5.44. The molecule has 108 valence electrons. The van der Waals surface area contributed by atoms with E-state index in [9.17, 15) is 9.90 Å². The summed E-state index contributed by atoms with van der Waals surface area (Å²) in [7, 11) is 0. The smallest absolute Gasteiger partial charge is 0.224 e. The van der Waals surface area contributed by atoms with E-state index in [1.807, 2.05) is 0 Å². The van der Waals surface area contributed by atoms with Crippen molar-refractivity contribution in [3.63, 3.8) is 0 Å². The van der Waals surface area contributed by atoms with Crippen LogP contribution in [0.5, 0.6) is 0 Å². The first-order valence-electron chi connectivity index (χ1n) is 7.80. The monoisotopic (exact) mass is 265 g/mol. The fourth-order valence-electron chi connectivity index (χ4n) is 3.31. The van der Waals surface area contributed by atoms with Crippen LogP contribution >= 0.6 is 0 Å². The molecule has 2 N–H and O–H groups in total. The molecule has 2 aliphatic rings. The third kappa shape index (κ3) is 4.34. The van der Waals surface area contributed by atoms with E-state index in [0.717, 1.165) is 25.7 Å². The zero-order valence-electron chi connectivity index (χ0n) is 11.9. The van der Waals surface area contributed by atoms with E-state index in [-0.39, 0.29) is 17.9 Å². The van der Waals surface area contributed by atoms with E-state index in [4.69, 9.17) is 0 Å². The number of aliphatic hydroxyl groups is 1. The molecule has 0 heterocycles. The number of carbonyl (C=O) groups excluding carboxylic acids is 1. The molecule has 1 amide bonds. The van der Waals surface area contributed by atoms with Gasteiger partial charge in [0.1, 0.15) is 0 Å². The first-order valence-corrected chi connectivity index (χ1v) is 7.80. The second-order valence-corrected chi connectivity index (χ2v) is 6.28. The lowest BCUT2D eigenvalue weighted by molar-refractivity contribution is -0.121. The molecular formula is C16H27NO2. The van der Waals surface area contributed by atoms with Crippen LogP contribution in [0.2, 0.25) is 0 Å². The lowest BCUT2D eigenvalue weighted by Crippen LogP contribution is -2.41. The number of amides is 1. The number of hydrogen-bond acceptors (Lipinski definition) is 2. The normalized spacial score (nSPS) is 22.7. The molecule has 1 saturated carbocycles. The standard InChI is InChI=1S/C16H27NO2/c18-13-16(9-5-2-6-10-16)12-17-15(19)11-14-7-3-1-4-8-14/h7,18H,1-6,8-13H2,(H,17,19). The second kappa shape index (κ2) is 7.09. The molecule has 19 heavy (non-hydrogen) atoms. The molecule has 0 aromatic rings. The molecule has 0 saturated heterocycles. The van der Waals surface area contributed by atoms with Gasteiger partial charge in [-0.2, -0.15) is 0 Å². The lowest BCUT2D eigenvalue weighted by atomic mass is 9.74. The van der Waals surface area contributed by atoms with E-state index in [1.165, 1.54) is 37.7 Å². The number of hydrogen-bond donors (Lipinski definition) is 2. The molecule has 0 aliphatic heterocycles. The predicted octanol–water partition coefficient (Wildman–Crippen LogP) is 2.94. The molecule has 1 fully saturated rings. The Morgan fingerprint density at radius 2 is 2.00 bits per heavy atom. The molecule has 2 aliphatic carbocycles. The largest absolute Gasteiger partial charge is 0.396 e. The molecule has 3 heteroatoms. The van der Waals surface area contributed by atoms with Gasteiger partial charge in [0.2, 0.25) is 5.91 Å². The third-order valence-electron chi connectivity index (χ3n) is 4.68. The summed E-state index contributed by atoms with van der Waals surface area (Å²) in [6.45, 7) is 0.853. The molecule has 2 rings (SSSR count). The fourth-order valence-corrected chi connectivity index (χ4v) is 3.31. The van der Waals surface area contributed by atoms with Gasteiger partial charge in [-0.1, -0.05) is 30.9 Å². The Balaban J connectivity index is 1.77. The third-order valence-corrected chi connectivity index (χ3v) is 4.68. The average molecular weight is 265 g/mol. The second-order valence-electron chi connectivity index (χ2n) is 6.28. The maximum absolute atomic E-state index is 12.0. The van der Waals surface area contributed by atoms with Crippen molar-refractivity contribution in [2.75, 3.05) is 13.2 Å². The van der Waals surface area contributed by atoms with Gasteiger partial charge in [-0.05, 0) is 38.5 Å². The van der Waals surface area contributed by atoms with Gasteiger partial charge in [0.25, 0.3) is 0 Å². The molecular weight excluding hydrogens is 238 g/mol. The van der Waals surface area contributed by atoms with Crippen molar-refractivity contribution in [2.24, 2.45) is 5.41 Å².